The molecule has 2 unspecified atom stereocenters. The van der Waals surface area contributed by atoms with Gasteiger partial charge in [-0.3, -0.25) is 0 Å². The number of aromatic nitrogens is 2. The second-order valence-corrected chi connectivity index (χ2v) is 5.02. The van der Waals surface area contributed by atoms with Crippen LogP contribution >= 0.6 is 0 Å². The van der Waals surface area contributed by atoms with Gasteiger partial charge in [0.05, 0.1) is 17.9 Å². The van der Waals surface area contributed by atoms with Gasteiger partial charge in [-0.1, -0.05) is 0 Å². The molecule has 2 aliphatic heterocycles. The highest BCUT2D eigenvalue weighted by Crippen LogP contribution is 2.35. The topological polar surface area (TPSA) is 44.2 Å². The Morgan fingerprint density at radius 2 is 1.72 bits per heavy atom. The van der Waals surface area contributed by atoms with E-state index in [1.807, 2.05) is 6.20 Å². The van der Waals surface area contributed by atoms with Gasteiger partial charge in [0, 0.05) is 25.0 Å². The maximum absolute atomic E-state index is 5.85. The Morgan fingerprint density at radius 1 is 1.00 bits per heavy atom. The van der Waals surface area contributed by atoms with Crippen LogP contribution in [0.5, 0.6) is 0 Å². The first kappa shape index (κ1) is 12.1. The molecule has 1 aromatic heterocycles. The quantitative estimate of drug-likeness (QED) is 0.806. The fraction of sp³-hybridized carbons (Fsp3) is 0.714. The van der Waals surface area contributed by atoms with Crippen molar-refractivity contribution in [3.8, 4) is 0 Å². The van der Waals surface area contributed by atoms with Gasteiger partial charge in [0.2, 0.25) is 0 Å². The Morgan fingerprint density at radius 3 is 2.39 bits per heavy atom. The van der Waals surface area contributed by atoms with Crippen molar-refractivity contribution in [3.63, 3.8) is 0 Å². The third-order valence-electron chi connectivity index (χ3n) is 3.74. The van der Waals surface area contributed by atoms with Crippen LogP contribution in [0.25, 0.3) is 0 Å². The molecule has 2 atom stereocenters. The highest BCUT2D eigenvalue weighted by atomic mass is 16.5. The fourth-order valence-corrected chi connectivity index (χ4v) is 2.76. The van der Waals surface area contributed by atoms with Crippen LogP contribution in [0.1, 0.15) is 62.0 Å². The molecule has 3 heterocycles. The highest BCUT2D eigenvalue weighted by Gasteiger charge is 2.26. The Kier molecular flexibility index (Phi) is 3.86. The second-order valence-electron chi connectivity index (χ2n) is 5.02. The zero-order chi connectivity index (χ0) is 12.2. The molecule has 4 nitrogen and oxygen atoms in total. The molecule has 0 saturated carbocycles. The van der Waals surface area contributed by atoms with Crippen LogP contribution in [0.4, 0.5) is 0 Å². The number of ether oxygens (including phenoxy) is 2. The largest absolute Gasteiger partial charge is 0.373 e. The van der Waals surface area contributed by atoms with E-state index >= 15 is 0 Å². The van der Waals surface area contributed by atoms with Crippen molar-refractivity contribution in [2.45, 2.75) is 50.7 Å². The van der Waals surface area contributed by atoms with Crippen LogP contribution in [0, 0.1) is 6.33 Å². The van der Waals surface area contributed by atoms with E-state index in [0.717, 1.165) is 50.2 Å². The molecule has 2 saturated heterocycles. The van der Waals surface area contributed by atoms with Gasteiger partial charge in [-0.05, 0) is 38.5 Å². The van der Waals surface area contributed by atoms with E-state index < -0.39 is 0 Å². The maximum atomic E-state index is 5.85. The predicted octanol–water partition coefficient (Wildman–Crippen LogP) is 2.76. The summed E-state index contributed by atoms with van der Waals surface area (Å²) in [4.78, 5) is 8.38. The van der Waals surface area contributed by atoms with E-state index in [4.69, 9.17) is 9.47 Å². The molecule has 0 aromatic carbocycles. The lowest BCUT2D eigenvalue weighted by Crippen LogP contribution is -2.19. The van der Waals surface area contributed by atoms with Crippen LogP contribution in [-0.4, -0.2) is 23.2 Å². The van der Waals surface area contributed by atoms with E-state index in [2.05, 4.69) is 16.3 Å². The highest BCUT2D eigenvalue weighted by molar-refractivity contribution is 5.22. The van der Waals surface area contributed by atoms with Crippen LogP contribution in [-0.2, 0) is 9.47 Å². The lowest BCUT2D eigenvalue weighted by molar-refractivity contribution is -0.00300. The van der Waals surface area contributed by atoms with Crippen molar-refractivity contribution in [2.24, 2.45) is 0 Å². The number of nitrogens with zero attached hydrogens (tertiary/aromatic N) is 2. The van der Waals surface area contributed by atoms with Crippen LogP contribution in [0.15, 0.2) is 6.20 Å². The molecule has 18 heavy (non-hydrogen) atoms. The van der Waals surface area contributed by atoms with Crippen molar-refractivity contribution < 1.29 is 9.47 Å². The first-order valence-corrected chi connectivity index (χ1v) is 6.91. The van der Waals surface area contributed by atoms with Crippen molar-refractivity contribution >= 4 is 0 Å². The smallest absolute Gasteiger partial charge is 0.198 e. The van der Waals surface area contributed by atoms with Crippen LogP contribution in [0.2, 0.25) is 0 Å². The number of rotatable bonds is 2. The zero-order valence-corrected chi connectivity index (χ0v) is 10.6. The first-order valence-electron chi connectivity index (χ1n) is 6.91. The molecule has 0 spiro atoms. The van der Waals surface area contributed by atoms with E-state index in [-0.39, 0.29) is 12.2 Å². The third-order valence-corrected chi connectivity index (χ3v) is 3.74. The van der Waals surface area contributed by atoms with Gasteiger partial charge in [0.15, 0.2) is 6.33 Å². The minimum Gasteiger partial charge on any atom is -0.373 e. The fourth-order valence-electron chi connectivity index (χ4n) is 2.76. The van der Waals surface area contributed by atoms with Gasteiger partial charge < -0.3 is 9.47 Å². The van der Waals surface area contributed by atoms with Gasteiger partial charge in [-0.25, -0.2) is 9.97 Å². The summed E-state index contributed by atoms with van der Waals surface area (Å²) in [5.41, 5.74) is 2.11. The van der Waals surface area contributed by atoms with Crippen molar-refractivity contribution in [2.75, 3.05) is 13.2 Å². The summed E-state index contributed by atoms with van der Waals surface area (Å²) >= 11 is 0. The molecule has 0 aliphatic carbocycles. The summed E-state index contributed by atoms with van der Waals surface area (Å²) in [6.07, 6.45) is 11.7. The van der Waals surface area contributed by atoms with E-state index in [0.29, 0.717) is 0 Å². The molecule has 1 aromatic rings. The maximum Gasteiger partial charge on any atom is 0.198 e. The van der Waals surface area contributed by atoms with Crippen LogP contribution in [0.3, 0.4) is 0 Å². The molecule has 0 N–H and O–H groups in total. The average Bonchev–Trinajstić information content (AvgIpc) is 2.49. The van der Waals surface area contributed by atoms with Crippen molar-refractivity contribution in [1.82, 2.24) is 9.97 Å². The average molecular weight is 247 g/mol. The Hall–Kier alpha value is -1.00. The van der Waals surface area contributed by atoms with Gasteiger partial charge >= 0.3 is 0 Å². The summed E-state index contributed by atoms with van der Waals surface area (Å²) in [5, 5.41) is 0. The normalized spacial score (nSPS) is 29.1. The summed E-state index contributed by atoms with van der Waals surface area (Å²) in [6, 6.07) is 0. The Bertz CT molecular complexity index is 348. The van der Waals surface area contributed by atoms with Crippen LogP contribution < -0.4 is 0 Å². The lowest BCUT2D eigenvalue weighted by Gasteiger charge is -2.28. The molecule has 97 valence electrons. The van der Waals surface area contributed by atoms with Gasteiger partial charge in [-0.2, -0.15) is 0 Å². The molecule has 0 bridgehead atoms. The van der Waals surface area contributed by atoms with Gasteiger partial charge in [0.25, 0.3) is 0 Å². The zero-order valence-electron chi connectivity index (χ0n) is 10.6. The minimum atomic E-state index is 0.110. The summed E-state index contributed by atoms with van der Waals surface area (Å²) in [7, 11) is 0. The SMILES string of the molecule is [c]1ncc(C2CCCCO2)c(C2CCCCO2)n1. The molecule has 2 aliphatic rings. The second kappa shape index (κ2) is 5.76. The van der Waals surface area contributed by atoms with E-state index in [9.17, 15) is 0 Å². The molecule has 3 rings (SSSR count). The van der Waals surface area contributed by atoms with Gasteiger partial charge in [-0.15, -0.1) is 0 Å². The summed E-state index contributed by atoms with van der Waals surface area (Å²) in [5.74, 6) is 0. The monoisotopic (exact) mass is 247 g/mol. The van der Waals surface area contributed by atoms with Crippen molar-refractivity contribution in [3.05, 3.63) is 23.8 Å². The van der Waals surface area contributed by atoms with E-state index in [1.54, 1.807) is 0 Å². The number of hydrogen-bond donors (Lipinski definition) is 0. The molecular formula is C14H19N2O2. The third kappa shape index (κ3) is 2.54. The number of hydrogen-bond acceptors (Lipinski definition) is 4. The molecular weight excluding hydrogens is 228 g/mol. The Balaban J connectivity index is 1.83. The van der Waals surface area contributed by atoms with E-state index in [1.165, 1.54) is 12.8 Å². The lowest BCUT2D eigenvalue weighted by atomic mass is 9.96. The summed E-state index contributed by atoms with van der Waals surface area (Å²) in [6.45, 7) is 1.67. The molecule has 2 fully saturated rings. The van der Waals surface area contributed by atoms with Crippen molar-refractivity contribution in [1.29, 1.82) is 0 Å². The molecule has 4 heteroatoms. The molecule has 0 amide bonds. The molecule has 1 radical (unpaired) electrons. The predicted molar refractivity (Wildman–Crippen MR) is 66.0 cm³/mol. The van der Waals surface area contributed by atoms with Gasteiger partial charge in [0.1, 0.15) is 0 Å². The Labute approximate surface area is 108 Å². The first-order chi connectivity index (χ1) is 8.95. The standard InChI is InChI=1S/C14H19N2O2/c1-3-7-17-12(5-1)11-9-15-10-16-14(11)13-6-2-4-8-18-13/h9,12-13H,1-8H2. The summed E-state index contributed by atoms with van der Waals surface area (Å²) < 4.78 is 11.7. The minimum absolute atomic E-state index is 0.110.